The van der Waals surface area contributed by atoms with Crippen molar-refractivity contribution in [3.05, 3.63) is 57.0 Å². The summed E-state index contributed by atoms with van der Waals surface area (Å²) in [5, 5.41) is 4.45. The third kappa shape index (κ3) is 3.50. The van der Waals surface area contributed by atoms with Crippen LogP contribution in [0.1, 0.15) is 18.7 Å². The van der Waals surface area contributed by atoms with Crippen molar-refractivity contribution in [2.75, 3.05) is 5.32 Å². The third-order valence-corrected chi connectivity index (χ3v) is 3.38. The molecule has 1 aromatic heterocycles. The number of anilines is 1. The van der Waals surface area contributed by atoms with Gasteiger partial charge in [0.05, 0.1) is 33.7 Å². The van der Waals surface area contributed by atoms with Crippen LogP contribution in [0.4, 0.5) is 10.1 Å². The Morgan fingerprint density at radius 1 is 1.16 bits per heavy atom. The van der Waals surface area contributed by atoms with Gasteiger partial charge in [-0.1, -0.05) is 34.8 Å². The second-order valence-electron chi connectivity index (χ2n) is 4.01. The maximum Gasteiger partial charge on any atom is 0.141 e. The minimum atomic E-state index is -0.376. The largest absolute Gasteiger partial charge is 0.375 e. The van der Waals surface area contributed by atoms with Gasteiger partial charge in [-0.25, -0.2) is 4.39 Å². The van der Waals surface area contributed by atoms with Gasteiger partial charge < -0.3 is 5.32 Å². The fraction of sp³-hybridized carbons (Fsp3) is 0.154. The van der Waals surface area contributed by atoms with Gasteiger partial charge in [-0.3, -0.25) is 4.98 Å². The smallest absolute Gasteiger partial charge is 0.141 e. The summed E-state index contributed by atoms with van der Waals surface area (Å²) in [6.45, 7) is 1.88. The predicted molar refractivity (Wildman–Crippen MR) is 77.7 cm³/mol. The Morgan fingerprint density at radius 2 is 1.79 bits per heavy atom. The van der Waals surface area contributed by atoms with Crippen molar-refractivity contribution in [1.82, 2.24) is 4.98 Å². The summed E-state index contributed by atoms with van der Waals surface area (Å²) in [5.41, 5.74) is 1.26. The van der Waals surface area contributed by atoms with Crippen molar-refractivity contribution in [2.45, 2.75) is 13.0 Å². The number of hydrogen-bond donors (Lipinski definition) is 1. The Labute approximate surface area is 125 Å². The van der Waals surface area contributed by atoms with Crippen molar-refractivity contribution in [2.24, 2.45) is 0 Å². The molecule has 1 unspecified atom stereocenters. The first kappa shape index (κ1) is 14.4. The molecule has 0 saturated carbocycles. The van der Waals surface area contributed by atoms with E-state index < -0.39 is 0 Å². The van der Waals surface area contributed by atoms with Gasteiger partial charge in [0, 0.05) is 5.02 Å². The van der Waals surface area contributed by atoms with E-state index in [-0.39, 0.29) is 11.9 Å². The molecular weight excluding hydrogens is 310 g/mol. The van der Waals surface area contributed by atoms with Crippen LogP contribution in [-0.2, 0) is 0 Å². The Morgan fingerprint density at radius 3 is 2.32 bits per heavy atom. The van der Waals surface area contributed by atoms with Crippen LogP contribution in [-0.4, -0.2) is 4.98 Å². The lowest BCUT2D eigenvalue weighted by Crippen LogP contribution is -2.09. The maximum atomic E-state index is 12.8. The molecule has 0 aliphatic carbocycles. The monoisotopic (exact) mass is 318 g/mol. The second-order valence-corrected chi connectivity index (χ2v) is 5.26. The molecule has 1 atom stereocenters. The molecule has 2 rings (SSSR count). The van der Waals surface area contributed by atoms with Gasteiger partial charge in [0.2, 0.25) is 0 Å². The molecule has 100 valence electrons. The zero-order chi connectivity index (χ0) is 14.0. The number of aromatic nitrogens is 1. The van der Waals surface area contributed by atoms with Gasteiger partial charge in [-0.15, -0.1) is 0 Å². The zero-order valence-corrected chi connectivity index (χ0v) is 12.2. The number of nitrogens with one attached hydrogen (secondary N) is 1. The highest BCUT2D eigenvalue weighted by Crippen LogP contribution is 2.35. The van der Waals surface area contributed by atoms with Crippen LogP contribution >= 0.6 is 34.8 Å². The fourth-order valence-electron chi connectivity index (χ4n) is 1.61. The Kier molecular flexibility index (Phi) is 4.50. The van der Waals surface area contributed by atoms with Crippen molar-refractivity contribution < 1.29 is 4.39 Å². The predicted octanol–water partition coefficient (Wildman–Crippen LogP) is 5.35. The molecule has 0 amide bonds. The summed E-state index contributed by atoms with van der Waals surface area (Å²) >= 11 is 18.0. The maximum absolute atomic E-state index is 12.8. The van der Waals surface area contributed by atoms with Gasteiger partial charge in [0.1, 0.15) is 5.82 Å². The Balaban J connectivity index is 2.24. The lowest BCUT2D eigenvalue weighted by molar-refractivity contribution is 0.617. The van der Waals surface area contributed by atoms with Gasteiger partial charge in [-0.2, -0.15) is 0 Å². The van der Waals surface area contributed by atoms with E-state index in [1.54, 1.807) is 18.2 Å². The number of halogens is 4. The van der Waals surface area contributed by atoms with Crippen LogP contribution in [0.25, 0.3) is 0 Å². The van der Waals surface area contributed by atoms with E-state index >= 15 is 0 Å². The fourth-order valence-corrected chi connectivity index (χ4v) is 2.54. The van der Waals surface area contributed by atoms with E-state index in [0.29, 0.717) is 26.4 Å². The average molecular weight is 320 g/mol. The van der Waals surface area contributed by atoms with E-state index in [9.17, 15) is 4.39 Å². The van der Waals surface area contributed by atoms with Crippen molar-refractivity contribution >= 4 is 40.5 Å². The standard InChI is InChI=1S/C13H10Cl3FN2/c1-7(12-3-2-9(17)6-18-12)19-13-10(15)4-8(14)5-11(13)16/h2-7,19H,1H3. The summed E-state index contributed by atoms with van der Waals surface area (Å²) in [4.78, 5) is 4.00. The number of hydrogen-bond acceptors (Lipinski definition) is 2. The van der Waals surface area contributed by atoms with E-state index in [2.05, 4.69) is 10.3 Å². The molecule has 0 aliphatic rings. The highest BCUT2D eigenvalue weighted by molar-refractivity contribution is 6.41. The lowest BCUT2D eigenvalue weighted by atomic mass is 10.2. The first-order chi connectivity index (χ1) is 8.97. The molecule has 0 bridgehead atoms. The van der Waals surface area contributed by atoms with Crippen molar-refractivity contribution in [3.63, 3.8) is 0 Å². The zero-order valence-electron chi connectivity index (χ0n) is 9.92. The van der Waals surface area contributed by atoms with Crippen LogP contribution in [0.3, 0.4) is 0 Å². The highest BCUT2D eigenvalue weighted by Gasteiger charge is 2.13. The third-order valence-electron chi connectivity index (χ3n) is 2.56. The normalized spacial score (nSPS) is 12.3. The summed E-state index contributed by atoms with van der Waals surface area (Å²) in [6, 6.07) is 5.98. The molecule has 6 heteroatoms. The molecule has 1 heterocycles. The van der Waals surface area contributed by atoms with E-state index in [0.717, 1.165) is 0 Å². The molecular formula is C13H10Cl3FN2. The van der Waals surface area contributed by atoms with Crippen LogP contribution < -0.4 is 5.32 Å². The first-order valence-electron chi connectivity index (χ1n) is 5.50. The van der Waals surface area contributed by atoms with Crippen LogP contribution in [0, 0.1) is 5.82 Å². The summed E-state index contributed by atoms with van der Waals surface area (Å²) < 4.78 is 12.8. The van der Waals surface area contributed by atoms with E-state index in [4.69, 9.17) is 34.8 Å². The SMILES string of the molecule is CC(Nc1c(Cl)cc(Cl)cc1Cl)c1ccc(F)cn1. The molecule has 0 saturated heterocycles. The quantitative estimate of drug-likeness (QED) is 0.824. The molecule has 1 N–H and O–H groups in total. The Hall–Kier alpha value is -1.03. The summed E-state index contributed by atoms with van der Waals surface area (Å²) in [5.74, 6) is -0.376. The summed E-state index contributed by atoms with van der Waals surface area (Å²) in [6.07, 6.45) is 1.17. The minimum Gasteiger partial charge on any atom is -0.375 e. The number of nitrogens with zero attached hydrogens (tertiary/aromatic N) is 1. The van der Waals surface area contributed by atoms with Gasteiger partial charge in [-0.05, 0) is 31.2 Å². The molecule has 0 radical (unpaired) electrons. The topological polar surface area (TPSA) is 24.9 Å². The van der Waals surface area contributed by atoms with Gasteiger partial charge >= 0.3 is 0 Å². The van der Waals surface area contributed by atoms with Crippen molar-refractivity contribution in [3.8, 4) is 0 Å². The average Bonchev–Trinajstić information content (AvgIpc) is 2.34. The molecule has 1 aromatic carbocycles. The number of benzene rings is 1. The molecule has 0 spiro atoms. The van der Waals surface area contributed by atoms with Gasteiger partial charge in [0.25, 0.3) is 0 Å². The summed E-state index contributed by atoms with van der Waals surface area (Å²) in [7, 11) is 0. The molecule has 0 aliphatic heterocycles. The van der Waals surface area contributed by atoms with Crippen LogP contribution in [0.2, 0.25) is 15.1 Å². The molecule has 0 fully saturated rings. The molecule has 2 nitrogen and oxygen atoms in total. The van der Waals surface area contributed by atoms with E-state index in [1.807, 2.05) is 6.92 Å². The minimum absolute atomic E-state index is 0.170. The highest BCUT2D eigenvalue weighted by atomic mass is 35.5. The Bertz CT molecular complexity index is 564. The molecule has 19 heavy (non-hydrogen) atoms. The van der Waals surface area contributed by atoms with Crippen molar-refractivity contribution in [1.29, 1.82) is 0 Å². The van der Waals surface area contributed by atoms with Crippen LogP contribution in [0.15, 0.2) is 30.5 Å². The number of pyridine rings is 1. The number of rotatable bonds is 3. The molecule has 2 aromatic rings. The second kappa shape index (κ2) is 5.95. The first-order valence-corrected chi connectivity index (χ1v) is 6.63. The van der Waals surface area contributed by atoms with Crippen LogP contribution in [0.5, 0.6) is 0 Å². The van der Waals surface area contributed by atoms with E-state index in [1.165, 1.54) is 12.3 Å². The van der Waals surface area contributed by atoms with Gasteiger partial charge in [0.15, 0.2) is 0 Å². The lowest BCUT2D eigenvalue weighted by Gasteiger charge is -2.17.